The van der Waals surface area contributed by atoms with Crippen LogP contribution in [-0.4, -0.2) is 26.9 Å². The molecule has 1 amide bonds. The van der Waals surface area contributed by atoms with Crippen LogP contribution in [0.5, 0.6) is 0 Å². The molecule has 0 atom stereocenters. The zero-order chi connectivity index (χ0) is 13.4. The van der Waals surface area contributed by atoms with Crippen LogP contribution in [0, 0.1) is 6.92 Å². The highest BCUT2D eigenvalue weighted by molar-refractivity contribution is 7.14. The Balaban J connectivity index is 1.89. The number of thiazole rings is 1. The summed E-state index contributed by atoms with van der Waals surface area (Å²) in [5.74, 6) is 0.818. The normalized spacial score (nSPS) is 14.6. The molecule has 0 aromatic carbocycles. The van der Waals surface area contributed by atoms with Gasteiger partial charge in [-0.15, -0.1) is 11.3 Å². The number of aromatic nitrogens is 3. The third-order valence-corrected chi connectivity index (χ3v) is 4.10. The van der Waals surface area contributed by atoms with Gasteiger partial charge in [-0.05, 0) is 19.8 Å². The highest BCUT2D eigenvalue weighted by atomic mass is 32.1. The maximum Gasteiger partial charge on any atom is 0.278 e. The topological polar surface area (TPSA) is 61.9 Å². The number of nitrogens with zero attached hydrogens (tertiary/aromatic N) is 3. The van der Waals surface area contributed by atoms with Crippen molar-refractivity contribution in [1.29, 1.82) is 0 Å². The first-order chi connectivity index (χ1) is 9.19. The van der Waals surface area contributed by atoms with Gasteiger partial charge >= 0.3 is 0 Å². The van der Waals surface area contributed by atoms with E-state index in [-0.39, 0.29) is 5.91 Å². The van der Waals surface area contributed by atoms with Crippen molar-refractivity contribution >= 4 is 22.4 Å². The molecule has 0 saturated heterocycles. The Morgan fingerprint density at radius 1 is 1.58 bits per heavy atom. The lowest BCUT2D eigenvalue weighted by atomic mass is 10.4. The molecule has 1 fully saturated rings. The van der Waals surface area contributed by atoms with Gasteiger partial charge in [-0.2, -0.15) is 0 Å². The monoisotopic (exact) mass is 276 g/mol. The van der Waals surface area contributed by atoms with E-state index < -0.39 is 0 Å². The van der Waals surface area contributed by atoms with Crippen LogP contribution in [0.1, 0.15) is 41.8 Å². The highest BCUT2D eigenvalue weighted by Crippen LogP contribution is 2.34. The minimum absolute atomic E-state index is 0.0240. The molecule has 0 bridgehead atoms. The molecular formula is C13H16N4OS. The van der Waals surface area contributed by atoms with Crippen molar-refractivity contribution in [2.75, 3.05) is 4.90 Å². The third-order valence-electron chi connectivity index (χ3n) is 3.14. The highest BCUT2D eigenvalue weighted by Gasteiger charge is 2.36. The molecule has 0 spiro atoms. The lowest BCUT2D eigenvalue weighted by Crippen LogP contribution is -2.33. The van der Waals surface area contributed by atoms with Gasteiger partial charge in [0, 0.05) is 17.8 Å². The van der Waals surface area contributed by atoms with Crippen LogP contribution in [0.4, 0.5) is 5.13 Å². The smallest absolute Gasteiger partial charge is 0.278 e. The maximum atomic E-state index is 12.6. The van der Waals surface area contributed by atoms with Gasteiger partial charge in [0.15, 0.2) is 5.13 Å². The van der Waals surface area contributed by atoms with Gasteiger partial charge in [0.05, 0.1) is 11.9 Å². The molecule has 0 unspecified atom stereocenters. The number of carbonyl (C=O) groups excluding carboxylic acids is 1. The summed E-state index contributed by atoms with van der Waals surface area (Å²) in [7, 11) is 0. The van der Waals surface area contributed by atoms with Crippen molar-refractivity contribution in [2.45, 2.75) is 39.2 Å². The molecule has 1 saturated carbocycles. The van der Waals surface area contributed by atoms with Crippen molar-refractivity contribution in [2.24, 2.45) is 0 Å². The minimum atomic E-state index is -0.0240. The summed E-state index contributed by atoms with van der Waals surface area (Å²) in [5, 5.41) is 2.76. The molecule has 2 heterocycles. The van der Waals surface area contributed by atoms with E-state index >= 15 is 0 Å². The average Bonchev–Trinajstić information content (AvgIpc) is 2.95. The van der Waals surface area contributed by atoms with Crippen molar-refractivity contribution < 1.29 is 4.79 Å². The van der Waals surface area contributed by atoms with Crippen molar-refractivity contribution in [3.05, 3.63) is 28.8 Å². The number of aryl methyl sites for hydroxylation is 2. The van der Waals surface area contributed by atoms with Gasteiger partial charge in [0.25, 0.3) is 5.91 Å². The van der Waals surface area contributed by atoms with Gasteiger partial charge in [-0.1, -0.05) is 6.92 Å². The van der Waals surface area contributed by atoms with E-state index in [1.165, 1.54) is 11.3 Å². The zero-order valence-electron chi connectivity index (χ0n) is 11.0. The zero-order valence-corrected chi connectivity index (χ0v) is 11.8. The van der Waals surface area contributed by atoms with Crippen LogP contribution in [0.25, 0.3) is 0 Å². The van der Waals surface area contributed by atoms with E-state index in [1.54, 1.807) is 6.20 Å². The van der Waals surface area contributed by atoms with E-state index in [0.29, 0.717) is 11.7 Å². The second kappa shape index (κ2) is 4.77. The summed E-state index contributed by atoms with van der Waals surface area (Å²) < 4.78 is 0. The lowest BCUT2D eigenvalue weighted by Gasteiger charge is -2.18. The molecule has 19 heavy (non-hydrogen) atoms. The van der Waals surface area contributed by atoms with Gasteiger partial charge < -0.3 is 4.98 Å². The number of carbonyl (C=O) groups is 1. The van der Waals surface area contributed by atoms with Crippen LogP contribution in [0.15, 0.2) is 11.6 Å². The minimum Gasteiger partial charge on any atom is -0.338 e. The molecule has 0 aliphatic heterocycles. The molecule has 1 N–H and O–H groups in total. The number of nitrogens with one attached hydrogen (secondary N) is 1. The van der Waals surface area contributed by atoms with E-state index in [4.69, 9.17) is 0 Å². The first-order valence-electron chi connectivity index (χ1n) is 6.48. The molecule has 100 valence electrons. The number of amides is 1. The van der Waals surface area contributed by atoms with Crippen LogP contribution < -0.4 is 4.90 Å². The summed E-state index contributed by atoms with van der Waals surface area (Å²) >= 11 is 1.52. The second-order valence-corrected chi connectivity index (χ2v) is 5.61. The average molecular weight is 276 g/mol. The number of imidazole rings is 1. The van der Waals surface area contributed by atoms with E-state index in [2.05, 4.69) is 15.0 Å². The van der Waals surface area contributed by atoms with E-state index in [9.17, 15) is 4.79 Å². The predicted octanol–water partition coefficient (Wildman–Crippen LogP) is 2.55. The molecule has 1 aliphatic carbocycles. The number of rotatable bonds is 4. The Morgan fingerprint density at radius 2 is 2.37 bits per heavy atom. The van der Waals surface area contributed by atoms with Crippen molar-refractivity contribution in [3.8, 4) is 0 Å². The number of H-pyrrole nitrogens is 1. The summed E-state index contributed by atoms with van der Waals surface area (Å²) in [5.41, 5.74) is 1.51. The van der Waals surface area contributed by atoms with Crippen LogP contribution in [0.3, 0.4) is 0 Å². The van der Waals surface area contributed by atoms with E-state index in [0.717, 1.165) is 35.9 Å². The Morgan fingerprint density at radius 3 is 2.89 bits per heavy atom. The standard InChI is InChI=1S/C13H16N4OS/c1-3-11-14-6-10(16-11)12(18)17(9-4-5-9)13-15-8(2)7-19-13/h6-7,9H,3-5H2,1-2H3,(H,14,16). The van der Waals surface area contributed by atoms with Gasteiger partial charge in [-0.3, -0.25) is 9.69 Å². The first-order valence-corrected chi connectivity index (χ1v) is 7.36. The van der Waals surface area contributed by atoms with Crippen molar-refractivity contribution in [3.63, 3.8) is 0 Å². The van der Waals surface area contributed by atoms with Crippen LogP contribution >= 0.6 is 11.3 Å². The molecule has 2 aromatic rings. The molecule has 5 nitrogen and oxygen atoms in total. The quantitative estimate of drug-likeness (QED) is 0.933. The molecule has 2 aromatic heterocycles. The van der Waals surface area contributed by atoms with Gasteiger partial charge in [0.2, 0.25) is 0 Å². The predicted molar refractivity (Wildman–Crippen MR) is 74.6 cm³/mol. The first kappa shape index (κ1) is 12.3. The van der Waals surface area contributed by atoms with Crippen LogP contribution in [0.2, 0.25) is 0 Å². The molecule has 1 aliphatic rings. The largest absolute Gasteiger partial charge is 0.338 e. The number of hydrogen-bond acceptors (Lipinski definition) is 4. The van der Waals surface area contributed by atoms with Crippen LogP contribution in [-0.2, 0) is 6.42 Å². The Bertz CT molecular complexity index is 599. The fraction of sp³-hybridized carbons (Fsp3) is 0.462. The van der Waals surface area contributed by atoms with Crippen molar-refractivity contribution in [1.82, 2.24) is 15.0 Å². The second-order valence-electron chi connectivity index (χ2n) is 4.77. The summed E-state index contributed by atoms with van der Waals surface area (Å²) in [6.45, 7) is 3.96. The fourth-order valence-electron chi connectivity index (χ4n) is 1.97. The number of aromatic amines is 1. The van der Waals surface area contributed by atoms with E-state index in [1.807, 2.05) is 24.1 Å². The number of hydrogen-bond donors (Lipinski definition) is 1. The Kier molecular flexibility index (Phi) is 3.10. The van der Waals surface area contributed by atoms with Gasteiger partial charge in [0.1, 0.15) is 11.5 Å². The van der Waals surface area contributed by atoms with Gasteiger partial charge in [-0.25, -0.2) is 9.97 Å². The molecule has 3 rings (SSSR count). The lowest BCUT2D eigenvalue weighted by molar-refractivity contribution is 0.0981. The number of anilines is 1. The maximum absolute atomic E-state index is 12.6. The summed E-state index contributed by atoms with van der Waals surface area (Å²) in [6.07, 6.45) is 4.53. The third kappa shape index (κ3) is 2.40. The molecule has 6 heteroatoms. The fourth-order valence-corrected chi connectivity index (χ4v) is 2.85. The molecule has 0 radical (unpaired) electrons. The Labute approximate surface area is 115 Å². The molecular weight excluding hydrogens is 260 g/mol. The SMILES string of the molecule is CCc1ncc(C(=O)N(c2nc(C)cs2)C2CC2)[nH]1. The Hall–Kier alpha value is -1.69. The summed E-state index contributed by atoms with van der Waals surface area (Å²) in [6, 6.07) is 0.298. The summed E-state index contributed by atoms with van der Waals surface area (Å²) in [4.78, 5) is 26.1.